The lowest BCUT2D eigenvalue weighted by Gasteiger charge is -2.28. The first kappa shape index (κ1) is 50.6. The van der Waals surface area contributed by atoms with Crippen LogP contribution in [0.1, 0.15) is 43.0 Å². The fourth-order valence-corrected chi connectivity index (χ4v) is 14.6. The Bertz CT molecular complexity index is 4940. The molecular weight excluding hydrogens is 1030 g/mol. The average molecular weight is 1090 g/mol. The molecule has 0 N–H and O–H groups in total. The second-order valence-electron chi connectivity index (χ2n) is 24.5. The molecule has 11 aromatic carbocycles. The van der Waals surface area contributed by atoms with E-state index in [9.17, 15) is 0 Å². The summed E-state index contributed by atoms with van der Waals surface area (Å²) in [4.78, 5) is 10.3. The van der Waals surface area contributed by atoms with Crippen molar-refractivity contribution in [1.29, 1.82) is 0 Å². The highest BCUT2D eigenvalue weighted by molar-refractivity contribution is 6.96. The van der Waals surface area contributed by atoms with Gasteiger partial charge in [-0.25, -0.2) is 4.98 Å². The molecule has 0 saturated heterocycles. The SMILES string of the molecule is Cc1cc(C)c(B(c2cccc(N3CN(c4c(-c5ccccc5)cccc4-c4ccccc4)c4ccccc43)c2)c2ccc3c4c5c(ccc4n(-c4cc(C(C)(C)C)ccn4)c3c2)-n2c3ccccc3c3cccc(c32)-c2ccccc2-5)c(C)c1. The second-order valence-corrected chi connectivity index (χ2v) is 24.5. The van der Waals surface area contributed by atoms with Crippen LogP contribution in [0.4, 0.5) is 22.7 Å². The van der Waals surface area contributed by atoms with Gasteiger partial charge in [-0.3, -0.25) is 4.57 Å². The molecule has 0 unspecified atom stereocenters. The highest BCUT2D eigenvalue weighted by Gasteiger charge is 2.35. The van der Waals surface area contributed by atoms with Crippen LogP contribution in [-0.2, 0) is 5.41 Å². The number of aromatic nitrogens is 3. The van der Waals surface area contributed by atoms with E-state index in [1.807, 2.05) is 6.20 Å². The van der Waals surface area contributed by atoms with E-state index >= 15 is 0 Å². The minimum Gasteiger partial charge on any atom is -0.321 e. The molecule has 406 valence electrons. The van der Waals surface area contributed by atoms with Crippen molar-refractivity contribution in [2.75, 3.05) is 16.5 Å². The summed E-state index contributed by atoms with van der Waals surface area (Å²) in [5.74, 6) is 0.909. The van der Waals surface area contributed by atoms with E-state index in [4.69, 9.17) is 4.98 Å². The summed E-state index contributed by atoms with van der Waals surface area (Å²) in [6.45, 7) is 14.2. The molecule has 0 saturated carbocycles. The standard InChI is InChI=1S/C79H62BN5/c1-50-44-51(2)76(52(3)45-50)80(56-26-19-27-58(47-56)82-49-83(69-37-18-17-36-68(69)82)77-59(53-22-9-7-10-23-53)31-20-32-60(77)54-24-11-8-12-25-54)57-38-39-66-72(48-57)84(73-46-55(42-43-81-73)79(4,5)6)70-40-41-71-74(75(66)70)63-30-14-13-28-61(63)64-33-21-34-65-62-29-15-16-35-67(62)85(71)78(64)65/h7-48H,49H2,1-6H3. The highest BCUT2D eigenvalue weighted by atomic mass is 15.4. The maximum absolute atomic E-state index is 5.29. The molecule has 0 atom stereocenters. The fraction of sp³-hybridized carbons (Fsp3) is 0.101. The van der Waals surface area contributed by atoms with Crippen LogP contribution in [0, 0.1) is 20.8 Å². The molecule has 2 aliphatic heterocycles. The Balaban J connectivity index is 0.921. The zero-order valence-corrected chi connectivity index (χ0v) is 48.8. The normalized spacial score (nSPS) is 12.7. The van der Waals surface area contributed by atoms with Crippen molar-refractivity contribution in [3.8, 4) is 56.0 Å². The van der Waals surface area contributed by atoms with Crippen LogP contribution in [0.3, 0.4) is 0 Å². The summed E-state index contributed by atoms with van der Waals surface area (Å²) < 4.78 is 5.00. The largest absolute Gasteiger partial charge is 0.321 e. The lowest BCUT2D eigenvalue weighted by atomic mass is 9.35. The van der Waals surface area contributed by atoms with Crippen LogP contribution in [0.15, 0.2) is 255 Å². The molecule has 16 rings (SSSR count). The number of pyridine rings is 1. The van der Waals surface area contributed by atoms with Crippen LogP contribution in [0.25, 0.3) is 99.6 Å². The zero-order valence-electron chi connectivity index (χ0n) is 48.8. The predicted molar refractivity (Wildman–Crippen MR) is 361 cm³/mol. The third-order valence-corrected chi connectivity index (χ3v) is 18.3. The van der Waals surface area contributed by atoms with Crippen LogP contribution in [-0.4, -0.2) is 27.5 Å². The van der Waals surface area contributed by atoms with Crippen molar-refractivity contribution in [1.82, 2.24) is 14.1 Å². The molecule has 5 heterocycles. The average Bonchev–Trinajstić information content (AvgIpc) is 1.63. The highest BCUT2D eigenvalue weighted by Crippen LogP contribution is 2.52. The number of hydrogen-bond acceptors (Lipinski definition) is 3. The van der Waals surface area contributed by atoms with E-state index in [0.29, 0.717) is 6.67 Å². The Hall–Kier alpha value is -10.2. The van der Waals surface area contributed by atoms with Gasteiger partial charge in [0.05, 0.1) is 44.8 Å². The molecule has 0 fully saturated rings. The topological polar surface area (TPSA) is 29.2 Å². The van der Waals surface area contributed by atoms with Crippen molar-refractivity contribution in [2.45, 2.75) is 47.0 Å². The minimum atomic E-state index is -0.116. The summed E-state index contributed by atoms with van der Waals surface area (Å²) in [7, 11) is 0. The Morgan fingerprint density at radius 1 is 0.424 bits per heavy atom. The van der Waals surface area contributed by atoms with Gasteiger partial charge in [0, 0.05) is 55.7 Å². The van der Waals surface area contributed by atoms with E-state index in [1.54, 1.807) is 0 Å². The number of para-hydroxylation sites is 5. The molecule has 3 aromatic heterocycles. The van der Waals surface area contributed by atoms with E-state index < -0.39 is 0 Å². The van der Waals surface area contributed by atoms with E-state index in [1.165, 1.54) is 138 Å². The van der Waals surface area contributed by atoms with E-state index in [0.717, 1.165) is 22.5 Å². The molecule has 14 aromatic rings. The lowest BCUT2D eigenvalue weighted by molar-refractivity contribution is 0.588. The van der Waals surface area contributed by atoms with Gasteiger partial charge in [0.2, 0.25) is 6.71 Å². The first-order valence-electron chi connectivity index (χ1n) is 29.8. The minimum absolute atomic E-state index is 0.0940. The van der Waals surface area contributed by atoms with Crippen molar-refractivity contribution >= 4 is 89.5 Å². The van der Waals surface area contributed by atoms with Crippen molar-refractivity contribution in [3.63, 3.8) is 0 Å². The summed E-state index contributed by atoms with van der Waals surface area (Å²) in [6, 6.07) is 93.0. The quantitative estimate of drug-likeness (QED) is 0.142. The summed E-state index contributed by atoms with van der Waals surface area (Å²) in [5.41, 5.74) is 29.0. The first-order valence-corrected chi connectivity index (χ1v) is 29.8. The molecular formula is C79H62BN5. The lowest BCUT2D eigenvalue weighted by Crippen LogP contribution is -2.54. The number of rotatable bonds is 8. The van der Waals surface area contributed by atoms with Gasteiger partial charge < -0.3 is 14.4 Å². The van der Waals surface area contributed by atoms with Gasteiger partial charge in [-0.15, -0.1) is 0 Å². The molecule has 0 bridgehead atoms. The predicted octanol–water partition coefficient (Wildman–Crippen LogP) is 18.2. The number of aryl methyl sites for hydroxylation is 3. The zero-order chi connectivity index (χ0) is 57.2. The van der Waals surface area contributed by atoms with Gasteiger partial charge >= 0.3 is 0 Å². The van der Waals surface area contributed by atoms with Gasteiger partial charge in [-0.2, -0.15) is 0 Å². The molecule has 0 amide bonds. The number of hydrogen-bond donors (Lipinski definition) is 0. The van der Waals surface area contributed by atoms with E-state index in [2.05, 4.69) is 309 Å². The third-order valence-electron chi connectivity index (χ3n) is 18.3. The molecule has 0 spiro atoms. The molecule has 85 heavy (non-hydrogen) atoms. The number of nitrogens with zero attached hydrogens (tertiary/aromatic N) is 5. The molecule has 0 radical (unpaired) electrons. The number of fused-ring (bicyclic) bond motifs is 13. The maximum atomic E-state index is 5.29. The third kappa shape index (κ3) is 7.96. The van der Waals surface area contributed by atoms with Gasteiger partial charge in [0.1, 0.15) is 12.5 Å². The smallest absolute Gasteiger partial charge is 0.242 e. The Labute approximate surface area is 497 Å². The molecule has 6 heteroatoms. The molecule has 0 aliphatic carbocycles. The Kier molecular flexibility index (Phi) is 11.6. The van der Waals surface area contributed by atoms with Crippen molar-refractivity contribution in [3.05, 3.63) is 277 Å². The summed E-state index contributed by atoms with van der Waals surface area (Å²) in [5, 5.41) is 4.93. The molecule has 2 aliphatic rings. The second kappa shape index (κ2) is 19.5. The van der Waals surface area contributed by atoms with Crippen molar-refractivity contribution in [2.24, 2.45) is 0 Å². The van der Waals surface area contributed by atoms with Gasteiger partial charge in [0.25, 0.3) is 0 Å². The van der Waals surface area contributed by atoms with Crippen LogP contribution in [0.5, 0.6) is 0 Å². The van der Waals surface area contributed by atoms with Crippen LogP contribution >= 0.6 is 0 Å². The molecule has 5 nitrogen and oxygen atoms in total. The first-order chi connectivity index (χ1) is 41.6. The fourth-order valence-electron chi connectivity index (χ4n) is 14.6. The van der Waals surface area contributed by atoms with Gasteiger partial charge in [-0.1, -0.05) is 242 Å². The monoisotopic (exact) mass is 1090 g/mol. The maximum Gasteiger partial charge on any atom is 0.242 e. The Morgan fingerprint density at radius 3 is 1.78 bits per heavy atom. The van der Waals surface area contributed by atoms with Crippen LogP contribution < -0.4 is 26.2 Å². The van der Waals surface area contributed by atoms with Gasteiger partial charge in [0.15, 0.2) is 0 Å². The number of anilines is 4. The van der Waals surface area contributed by atoms with Crippen LogP contribution in [0.2, 0.25) is 0 Å². The summed E-state index contributed by atoms with van der Waals surface area (Å²) in [6.07, 6.45) is 2.00. The Morgan fingerprint density at radius 2 is 1.04 bits per heavy atom. The number of benzene rings is 11. The van der Waals surface area contributed by atoms with Gasteiger partial charge in [-0.05, 0) is 115 Å². The summed E-state index contributed by atoms with van der Waals surface area (Å²) >= 11 is 0. The van der Waals surface area contributed by atoms with E-state index in [-0.39, 0.29) is 12.1 Å². The van der Waals surface area contributed by atoms with Crippen molar-refractivity contribution < 1.29 is 0 Å².